The van der Waals surface area contributed by atoms with Crippen LogP contribution in [-0.2, 0) is 4.74 Å². The van der Waals surface area contributed by atoms with Crippen molar-refractivity contribution in [3.05, 3.63) is 27.8 Å². The fourth-order valence-corrected chi connectivity index (χ4v) is 1.60. The van der Waals surface area contributed by atoms with Gasteiger partial charge in [-0.15, -0.1) is 0 Å². The average molecular weight is 305 g/mol. The van der Waals surface area contributed by atoms with E-state index in [1.54, 1.807) is 7.11 Å². The molecule has 1 rings (SSSR count). The summed E-state index contributed by atoms with van der Waals surface area (Å²) < 4.78 is 6.38. The summed E-state index contributed by atoms with van der Waals surface area (Å²) in [5.74, 6) is 0. The maximum atomic E-state index is 5.13. The van der Waals surface area contributed by atoms with E-state index in [-0.39, 0.29) is 0 Å². The van der Waals surface area contributed by atoms with Crippen molar-refractivity contribution in [2.45, 2.75) is 19.4 Å². The lowest BCUT2D eigenvalue weighted by Crippen LogP contribution is -2.23. The van der Waals surface area contributed by atoms with Gasteiger partial charge in [0.05, 0.1) is 6.61 Å². The quantitative estimate of drug-likeness (QED) is 0.844. The van der Waals surface area contributed by atoms with Crippen LogP contribution in [-0.4, -0.2) is 19.8 Å². The van der Waals surface area contributed by atoms with Crippen LogP contribution in [0.2, 0.25) is 0 Å². The van der Waals surface area contributed by atoms with E-state index in [0.29, 0.717) is 6.04 Å². The van der Waals surface area contributed by atoms with Crippen LogP contribution < -0.4 is 5.32 Å². The molecule has 0 saturated heterocycles. The molecule has 0 spiro atoms. The van der Waals surface area contributed by atoms with Crippen LogP contribution >= 0.6 is 22.6 Å². The van der Waals surface area contributed by atoms with E-state index in [1.165, 1.54) is 3.57 Å². The minimum atomic E-state index is 0.403. The van der Waals surface area contributed by atoms with Crippen molar-refractivity contribution in [3.8, 4) is 0 Å². The highest BCUT2D eigenvalue weighted by Crippen LogP contribution is 2.13. The van der Waals surface area contributed by atoms with Crippen molar-refractivity contribution in [3.63, 3.8) is 0 Å². The highest BCUT2D eigenvalue weighted by molar-refractivity contribution is 14.1. The first kappa shape index (κ1) is 11.8. The first-order chi connectivity index (χ1) is 6.76. The normalized spacial score (nSPS) is 12.5. The van der Waals surface area contributed by atoms with Crippen molar-refractivity contribution < 1.29 is 4.74 Å². The smallest absolute Gasteiger partial charge is 0.0663 e. The van der Waals surface area contributed by atoms with Gasteiger partial charge in [-0.25, -0.2) is 0 Å². The number of rotatable bonds is 5. The van der Waals surface area contributed by atoms with Crippen LogP contribution in [0.3, 0.4) is 0 Å². The predicted molar refractivity (Wildman–Crippen MR) is 68.7 cm³/mol. The van der Waals surface area contributed by atoms with Crippen LogP contribution in [0.25, 0.3) is 0 Å². The Kier molecular flexibility index (Phi) is 5.25. The number of hydrogen-bond acceptors (Lipinski definition) is 2. The van der Waals surface area contributed by atoms with Crippen LogP contribution in [0.15, 0.2) is 24.3 Å². The van der Waals surface area contributed by atoms with E-state index in [9.17, 15) is 0 Å². The molecule has 0 aliphatic rings. The van der Waals surface area contributed by atoms with Crippen LogP contribution in [0, 0.1) is 3.57 Å². The second-order valence-corrected chi connectivity index (χ2v) is 4.46. The lowest BCUT2D eigenvalue weighted by atomic mass is 10.2. The Bertz CT molecular complexity index is 260. The van der Waals surface area contributed by atoms with Gasteiger partial charge in [0.1, 0.15) is 0 Å². The molecule has 1 unspecified atom stereocenters. The number of anilines is 1. The molecule has 0 aliphatic carbocycles. The molecule has 0 bridgehead atoms. The molecule has 1 aromatic rings. The molecule has 14 heavy (non-hydrogen) atoms. The fourth-order valence-electron chi connectivity index (χ4n) is 1.24. The zero-order chi connectivity index (χ0) is 10.4. The van der Waals surface area contributed by atoms with Crippen LogP contribution in [0.5, 0.6) is 0 Å². The summed E-state index contributed by atoms with van der Waals surface area (Å²) in [4.78, 5) is 0. The van der Waals surface area contributed by atoms with Crippen molar-refractivity contribution in [1.29, 1.82) is 0 Å². The third kappa shape index (κ3) is 3.84. The van der Waals surface area contributed by atoms with Crippen LogP contribution in [0.1, 0.15) is 13.3 Å². The number of hydrogen-bond donors (Lipinski definition) is 1. The van der Waals surface area contributed by atoms with Crippen LogP contribution in [0.4, 0.5) is 5.69 Å². The molecule has 3 heteroatoms. The van der Waals surface area contributed by atoms with Gasteiger partial charge in [0.15, 0.2) is 0 Å². The molecule has 1 atom stereocenters. The van der Waals surface area contributed by atoms with E-state index < -0.39 is 0 Å². The number of halogens is 1. The third-order valence-corrected chi connectivity index (χ3v) is 2.79. The number of ether oxygens (including phenoxy) is 1. The first-order valence-electron chi connectivity index (χ1n) is 4.77. The molecule has 0 heterocycles. The van der Waals surface area contributed by atoms with E-state index in [1.807, 2.05) is 0 Å². The Morgan fingerprint density at radius 1 is 1.36 bits per heavy atom. The Hall–Kier alpha value is -0.290. The highest BCUT2D eigenvalue weighted by atomic mass is 127. The number of methoxy groups -OCH3 is 1. The van der Waals surface area contributed by atoms with Gasteiger partial charge in [-0.2, -0.15) is 0 Å². The fraction of sp³-hybridized carbons (Fsp3) is 0.455. The lowest BCUT2D eigenvalue weighted by molar-refractivity contribution is 0.184. The summed E-state index contributed by atoms with van der Waals surface area (Å²) in [5, 5.41) is 3.43. The molecule has 0 fully saturated rings. The maximum Gasteiger partial charge on any atom is 0.0663 e. The van der Waals surface area contributed by atoms with E-state index in [4.69, 9.17) is 4.74 Å². The predicted octanol–water partition coefficient (Wildman–Crippen LogP) is 3.13. The minimum absolute atomic E-state index is 0.403. The Labute approximate surface area is 99.2 Å². The van der Waals surface area contributed by atoms with Gasteiger partial charge in [0.2, 0.25) is 0 Å². The van der Waals surface area contributed by atoms with E-state index in [2.05, 4.69) is 59.1 Å². The van der Waals surface area contributed by atoms with E-state index in [0.717, 1.165) is 18.7 Å². The highest BCUT2D eigenvalue weighted by Gasteiger charge is 2.04. The Morgan fingerprint density at radius 3 is 2.50 bits per heavy atom. The Balaban J connectivity index is 2.53. The molecule has 0 aromatic heterocycles. The molecule has 1 aromatic carbocycles. The standard InChI is InChI=1S/C11H16INO/c1-3-10(8-14-2)13-11-6-4-9(12)5-7-11/h4-7,10,13H,3,8H2,1-2H3. The van der Waals surface area contributed by atoms with Crippen molar-refractivity contribution >= 4 is 28.3 Å². The van der Waals surface area contributed by atoms with Gasteiger partial charge in [-0.1, -0.05) is 6.92 Å². The zero-order valence-electron chi connectivity index (χ0n) is 8.59. The monoisotopic (exact) mass is 305 g/mol. The molecule has 0 aliphatic heterocycles. The molecule has 0 radical (unpaired) electrons. The van der Waals surface area contributed by atoms with Gasteiger partial charge < -0.3 is 10.1 Å². The number of nitrogens with one attached hydrogen (secondary N) is 1. The third-order valence-electron chi connectivity index (χ3n) is 2.08. The summed E-state index contributed by atoms with van der Waals surface area (Å²) >= 11 is 2.30. The molecule has 0 amide bonds. The molecule has 1 N–H and O–H groups in total. The van der Waals surface area contributed by atoms with Gasteiger partial charge in [-0.3, -0.25) is 0 Å². The summed E-state index contributed by atoms with van der Waals surface area (Å²) in [6.45, 7) is 2.91. The zero-order valence-corrected chi connectivity index (χ0v) is 10.7. The minimum Gasteiger partial charge on any atom is -0.383 e. The summed E-state index contributed by atoms with van der Waals surface area (Å²) in [6, 6.07) is 8.80. The van der Waals surface area contributed by atoms with Crippen molar-refractivity contribution in [2.75, 3.05) is 19.0 Å². The lowest BCUT2D eigenvalue weighted by Gasteiger charge is -2.17. The molecular formula is C11H16INO. The molecule has 78 valence electrons. The van der Waals surface area contributed by atoms with Gasteiger partial charge in [0, 0.05) is 22.4 Å². The summed E-state index contributed by atoms with van der Waals surface area (Å²) in [5.41, 5.74) is 1.16. The first-order valence-corrected chi connectivity index (χ1v) is 5.85. The molecule has 2 nitrogen and oxygen atoms in total. The average Bonchev–Trinajstić information content (AvgIpc) is 2.20. The topological polar surface area (TPSA) is 21.3 Å². The maximum absolute atomic E-state index is 5.13. The largest absolute Gasteiger partial charge is 0.383 e. The summed E-state index contributed by atoms with van der Waals surface area (Å²) in [7, 11) is 1.73. The van der Waals surface area contributed by atoms with Gasteiger partial charge in [0.25, 0.3) is 0 Å². The molecular weight excluding hydrogens is 289 g/mol. The second-order valence-electron chi connectivity index (χ2n) is 3.21. The van der Waals surface area contributed by atoms with Crippen molar-refractivity contribution in [1.82, 2.24) is 0 Å². The van der Waals surface area contributed by atoms with Gasteiger partial charge >= 0.3 is 0 Å². The van der Waals surface area contributed by atoms with Crippen molar-refractivity contribution in [2.24, 2.45) is 0 Å². The second kappa shape index (κ2) is 6.24. The SMILES string of the molecule is CCC(COC)Nc1ccc(I)cc1. The number of benzene rings is 1. The Morgan fingerprint density at radius 2 is 2.00 bits per heavy atom. The molecule has 0 saturated carbocycles. The van der Waals surface area contributed by atoms with Gasteiger partial charge in [-0.05, 0) is 53.3 Å². The van der Waals surface area contributed by atoms with E-state index >= 15 is 0 Å². The summed E-state index contributed by atoms with van der Waals surface area (Å²) in [6.07, 6.45) is 1.07.